The number of rotatable bonds is 5. The Labute approximate surface area is 120 Å². The summed E-state index contributed by atoms with van der Waals surface area (Å²) >= 11 is 0. The Hall–Kier alpha value is -1.54. The third kappa shape index (κ3) is 2.91. The van der Waals surface area contributed by atoms with Crippen LogP contribution in [0.4, 0.5) is 0 Å². The van der Waals surface area contributed by atoms with Gasteiger partial charge in [0.25, 0.3) is 5.56 Å². The van der Waals surface area contributed by atoms with Crippen molar-refractivity contribution in [3.63, 3.8) is 0 Å². The normalized spacial score (nSPS) is 23.7. The van der Waals surface area contributed by atoms with Crippen molar-refractivity contribution >= 4 is 19.4 Å². The topological polar surface area (TPSA) is 108 Å². The Morgan fingerprint density at radius 2 is 2.38 bits per heavy atom. The van der Waals surface area contributed by atoms with Crippen LogP contribution < -0.4 is 5.56 Å². The maximum Gasteiger partial charge on any atom is 0.318 e. The summed E-state index contributed by atoms with van der Waals surface area (Å²) in [4.78, 5) is 22.3. The fourth-order valence-corrected chi connectivity index (χ4v) is 2.75. The van der Waals surface area contributed by atoms with Crippen LogP contribution in [0.2, 0.25) is 0 Å². The summed E-state index contributed by atoms with van der Waals surface area (Å²) in [7, 11) is -1.10. The summed E-state index contributed by atoms with van der Waals surface area (Å²) < 4.78 is 28.3. The van der Waals surface area contributed by atoms with Gasteiger partial charge in [-0.25, -0.2) is 9.97 Å². The number of fused-ring (bicyclic) bond motifs is 1. The molecule has 3 rings (SSSR count). The zero-order chi connectivity index (χ0) is 14.8. The van der Waals surface area contributed by atoms with Gasteiger partial charge >= 0.3 is 8.25 Å². The molecule has 1 N–H and O–H groups in total. The van der Waals surface area contributed by atoms with E-state index < -0.39 is 8.25 Å². The molecule has 0 radical (unpaired) electrons. The molecule has 0 aromatic carbocycles. The van der Waals surface area contributed by atoms with E-state index in [4.69, 9.17) is 9.26 Å². The minimum Gasteiger partial charge on any atom is -0.352 e. The largest absolute Gasteiger partial charge is 0.352 e. The second-order valence-electron chi connectivity index (χ2n) is 4.61. The van der Waals surface area contributed by atoms with Crippen molar-refractivity contribution in [1.82, 2.24) is 19.5 Å². The molecule has 1 aliphatic rings. The van der Waals surface area contributed by atoms with Crippen molar-refractivity contribution in [2.45, 2.75) is 25.2 Å². The summed E-state index contributed by atoms with van der Waals surface area (Å²) in [5.41, 5.74) is 0.483. The lowest BCUT2D eigenvalue weighted by Gasteiger charge is -2.14. The third-order valence-electron chi connectivity index (χ3n) is 3.31. The summed E-state index contributed by atoms with van der Waals surface area (Å²) in [5.74, 6) is 0. The molecule has 3 atom stereocenters. The molecule has 0 saturated carbocycles. The summed E-state index contributed by atoms with van der Waals surface area (Å²) in [5, 5.41) is 0. The van der Waals surface area contributed by atoms with Crippen LogP contribution in [0.5, 0.6) is 0 Å². The van der Waals surface area contributed by atoms with E-state index in [1.54, 1.807) is 10.9 Å². The van der Waals surface area contributed by atoms with E-state index in [0.29, 0.717) is 5.65 Å². The van der Waals surface area contributed by atoms with Crippen LogP contribution in [-0.2, 0) is 18.3 Å². The highest BCUT2D eigenvalue weighted by Gasteiger charge is 2.28. The average molecular weight is 314 g/mol. The van der Waals surface area contributed by atoms with Crippen molar-refractivity contribution in [1.29, 1.82) is 0 Å². The standard InChI is InChI=1S/C11H15N4O5P/c1-18-21(17)19-4-7-2-3-8(20-7)15-6-14-9-10(15)12-5-13-11(9)16/h5-8,21H,2-4H2,1H3,(H,12,13,16). The number of aromatic nitrogens is 4. The summed E-state index contributed by atoms with van der Waals surface area (Å²) in [6.07, 6.45) is 3.94. The molecule has 1 saturated heterocycles. The minimum absolute atomic E-state index is 0.168. The van der Waals surface area contributed by atoms with Gasteiger partial charge in [0.1, 0.15) is 6.23 Å². The van der Waals surface area contributed by atoms with E-state index >= 15 is 0 Å². The van der Waals surface area contributed by atoms with E-state index in [2.05, 4.69) is 19.5 Å². The molecule has 2 aromatic rings. The van der Waals surface area contributed by atoms with Crippen LogP contribution in [-0.4, -0.2) is 39.3 Å². The highest BCUT2D eigenvalue weighted by atomic mass is 31.1. The molecule has 10 heteroatoms. The molecular weight excluding hydrogens is 299 g/mol. The number of hydrogen-bond acceptors (Lipinski definition) is 7. The Bertz CT molecular complexity index is 714. The van der Waals surface area contributed by atoms with Gasteiger partial charge in [-0.05, 0) is 12.8 Å². The minimum atomic E-state index is -2.43. The van der Waals surface area contributed by atoms with Gasteiger partial charge in [-0.15, -0.1) is 0 Å². The van der Waals surface area contributed by atoms with Crippen LogP contribution in [0, 0.1) is 0 Å². The molecule has 114 valence electrons. The molecule has 0 amide bonds. The maximum absolute atomic E-state index is 11.6. The zero-order valence-electron chi connectivity index (χ0n) is 11.3. The molecule has 0 spiro atoms. The molecule has 3 heterocycles. The summed E-state index contributed by atoms with van der Waals surface area (Å²) in [6.45, 7) is 0.211. The van der Waals surface area contributed by atoms with Crippen LogP contribution in [0.1, 0.15) is 19.1 Å². The Kier molecular flexibility index (Phi) is 4.16. The first-order chi connectivity index (χ1) is 10.2. The smallest absolute Gasteiger partial charge is 0.318 e. The predicted molar refractivity (Wildman–Crippen MR) is 73.3 cm³/mol. The monoisotopic (exact) mass is 314 g/mol. The van der Waals surface area contributed by atoms with Crippen LogP contribution >= 0.6 is 8.25 Å². The van der Waals surface area contributed by atoms with Gasteiger partial charge in [-0.3, -0.25) is 13.9 Å². The lowest BCUT2D eigenvalue weighted by atomic mass is 10.2. The van der Waals surface area contributed by atoms with Gasteiger partial charge in [0.05, 0.1) is 25.4 Å². The van der Waals surface area contributed by atoms with Gasteiger partial charge in [0.15, 0.2) is 11.2 Å². The molecule has 9 nitrogen and oxygen atoms in total. The molecule has 21 heavy (non-hydrogen) atoms. The van der Waals surface area contributed by atoms with E-state index in [9.17, 15) is 9.36 Å². The van der Waals surface area contributed by atoms with Crippen LogP contribution in [0.15, 0.2) is 17.4 Å². The molecule has 0 aliphatic carbocycles. The van der Waals surface area contributed by atoms with Gasteiger partial charge < -0.3 is 18.8 Å². The SMILES string of the molecule is CO[PH](=O)OCC1CCC(n2cnc3c(=O)[nH]cnc32)O1. The summed E-state index contributed by atoms with van der Waals surface area (Å²) in [6, 6.07) is 0. The first-order valence-electron chi connectivity index (χ1n) is 6.45. The maximum atomic E-state index is 11.6. The quantitative estimate of drug-likeness (QED) is 0.815. The molecule has 2 aromatic heterocycles. The van der Waals surface area contributed by atoms with E-state index in [-0.39, 0.29) is 30.0 Å². The fourth-order valence-electron chi connectivity index (χ4n) is 2.31. The van der Waals surface area contributed by atoms with E-state index in [0.717, 1.165) is 12.8 Å². The number of aromatic amines is 1. The lowest BCUT2D eigenvalue weighted by Crippen LogP contribution is -2.15. The van der Waals surface area contributed by atoms with Gasteiger partial charge in [0, 0.05) is 7.11 Å². The van der Waals surface area contributed by atoms with Crippen LogP contribution in [0.3, 0.4) is 0 Å². The van der Waals surface area contributed by atoms with Crippen molar-refractivity contribution in [2.75, 3.05) is 13.7 Å². The second-order valence-corrected chi connectivity index (χ2v) is 5.81. The number of H-pyrrole nitrogens is 1. The van der Waals surface area contributed by atoms with E-state index in [1.807, 2.05) is 0 Å². The van der Waals surface area contributed by atoms with Crippen molar-refractivity contribution in [3.05, 3.63) is 23.0 Å². The average Bonchev–Trinajstić information content (AvgIpc) is 3.11. The first-order valence-corrected chi connectivity index (χ1v) is 7.68. The predicted octanol–water partition coefficient (Wildman–Crippen LogP) is 0.850. The second kappa shape index (κ2) is 6.07. The van der Waals surface area contributed by atoms with Gasteiger partial charge in [0.2, 0.25) is 0 Å². The van der Waals surface area contributed by atoms with Gasteiger partial charge in [-0.2, -0.15) is 0 Å². The molecule has 0 bridgehead atoms. The number of nitrogens with zero attached hydrogens (tertiary/aromatic N) is 3. The van der Waals surface area contributed by atoms with Crippen molar-refractivity contribution in [3.8, 4) is 0 Å². The highest BCUT2D eigenvalue weighted by molar-refractivity contribution is 7.33. The number of nitrogens with one attached hydrogen (secondary N) is 1. The number of ether oxygens (including phenoxy) is 1. The van der Waals surface area contributed by atoms with Crippen molar-refractivity contribution in [2.24, 2.45) is 0 Å². The molecule has 1 aliphatic heterocycles. The van der Waals surface area contributed by atoms with Crippen molar-refractivity contribution < 1.29 is 18.3 Å². The molecule has 3 unspecified atom stereocenters. The zero-order valence-corrected chi connectivity index (χ0v) is 12.3. The van der Waals surface area contributed by atoms with E-state index in [1.165, 1.54) is 13.4 Å². The molecular formula is C11H15N4O5P. The Morgan fingerprint density at radius 1 is 1.52 bits per heavy atom. The molecule has 1 fully saturated rings. The van der Waals surface area contributed by atoms with Crippen LogP contribution in [0.25, 0.3) is 11.2 Å². The third-order valence-corrected chi connectivity index (χ3v) is 4.05. The fraction of sp³-hybridized carbons (Fsp3) is 0.545. The number of hydrogen-bond donors (Lipinski definition) is 1. The highest BCUT2D eigenvalue weighted by Crippen LogP contribution is 2.32. The number of imidazole rings is 1. The lowest BCUT2D eigenvalue weighted by molar-refractivity contribution is -0.0166. The van der Waals surface area contributed by atoms with Gasteiger partial charge in [-0.1, -0.05) is 0 Å². The first kappa shape index (κ1) is 14.4. The Balaban J connectivity index is 1.72. The Morgan fingerprint density at radius 3 is 3.19 bits per heavy atom.